The highest BCUT2D eigenvalue weighted by atomic mass is 19.4. The van der Waals surface area contributed by atoms with Crippen molar-refractivity contribution in [2.45, 2.75) is 31.9 Å². The molecule has 0 amide bonds. The molecule has 0 spiro atoms. The zero-order valence-corrected chi connectivity index (χ0v) is 9.43. The van der Waals surface area contributed by atoms with E-state index in [-0.39, 0.29) is 5.56 Å². The Morgan fingerprint density at radius 3 is 2.00 bits per heavy atom. The van der Waals surface area contributed by atoms with Gasteiger partial charge in [-0.15, -0.1) is 6.58 Å². The van der Waals surface area contributed by atoms with Crippen LogP contribution >= 0.6 is 0 Å². The van der Waals surface area contributed by atoms with Crippen molar-refractivity contribution in [1.29, 1.82) is 0 Å². The quantitative estimate of drug-likeness (QED) is 0.678. The van der Waals surface area contributed by atoms with Gasteiger partial charge >= 0.3 is 6.18 Å². The van der Waals surface area contributed by atoms with E-state index < -0.39 is 11.6 Å². The Labute approximate surface area is 93.8 Å². The Balaban J connectivity index is 3.18. The molecule has 0 aliphatic heterocycles. The van der Waals surface area contributed by atoms with Gasteiger partial charge in [-0.3, -0.25) is 0 Å². The van der Waals surface area contributed by atoms with Crippen LogP contribution in [0.5, 0.6) is 0 Å². The Bertz CT molecular complexity index is 362. The number of halogens is 3. The van der Waals surface area contributed by atoms with E-state index in [9.17, 15) is 13.2 Å². The molecule has 1 aromatic carbocycles. The van der Waals surface area contributed by atoms with Gasteiger partial charge in [0.25, 0.3) is 0 Å². The second-order valence-corrected chi connectivity index (χ2v) is 3.95. The highest BCUT2D eigenvalue weighted by molar-refractivity contribution is 5.34. The maximum Gasteiger partial charge on any atom is 0.401 e. The van der Waals surface area contributed by atoms with Crippen LogP contribution in [-0.4, -0.2) is 6.18 Å². The largest absolute Gasteiger partial charge is 0.401 e. The fraction of sp³-hybridized carbons (Fsp3) is 0.385. The Kier molecular flexibility index (Phi) is 3.46. The van der Waals surface area contributed by atoms with Gasteiger partial charge in [0.15, 0.2) is 0 Å². The Hall–Kier alpha value is -1.25. The zero-order valence-electron chi connectivity index (χ0n) is 9.43. The van der Waals surface area contributed by atoms with Crippen LogP contribution < -0.4 is 0 Å². The maximum absolute atomic E-state index is 12.9. The molecule has 0 heterocycles. The third-order valence-electron chi connectivity index (χ3n) is 2.96. The van der Waals surface area contributed by atoms with Gasteiger partial charge in [0.05, 0.1) is 0 Å². The average Bonchev–Trinajstić information content (AvgIpc) is 2.26. The van der Waals surface area contributed by atoms with Crippen LogP contribution in [0.4, 0.5) is 13.2 Å². The molecule has 1 rings (SSSR count). The molecule has 0 nitrogen and oxygen atoms in total. The van der Waals surface area contributed by atoms with Crippen LogP contribution in [0.2, 0.25) is 0 Å². The predicted octanol–water partition coefficient (Wildman–Crippen LogP) is 4.26. The van der Waals surface area contributed by atoms with Crippen LogP contribution in [0.1, 0.15) is 25.0 Å². The normalized spacial score (nSPS) is 15.6. The highest BCUT2D eigenvalue weighted by Gasteiger charge is 2.49. The van der Waals surface area contributed by atoms with E-state index in [1.807, 2.05) is 6.92 Å². The lowest BCUT2D eigenvalue weighted by atomic mass is 9.81. The maximum atomic E-state index is 12.9. The van der Waals surface area contributed by atoms with Crippen LogP contribution in [0.3, 0.4) is 0 Å². The van der Waals surface area contributed by atoms with Crippen LogP contribution in [0.25, 0.3) is 0 Å². The van der Waals surface area contributed by atoms with Crippen LogP contribution in [-0.2, 0) is 11.8 Å². The van der Waals surface area contributed by atoms with Gasteiger partial charge in [-0.2, -0.15) is 13.2 Å². The number of alkyl halides is 3. The molecule has 1 atom stereocenters. The third kappa shape index (κ3) is 2.13. The minimum atomic E-state index is -4.32. The van der Waals surface area contributed by atoms with Crippen molar-refractivity contribution in [1.82, 2.24) is 0 Å². The van der Waals surface area contributed by atoms with E-state index in [1.54, 1.807) is 12.1 Å². The van der Waals surface area contributed by atoms with Gasteiger partial charge in [-0.1, -0.05) is 37.3 Å². The summed E-state index contributed by atoms with van der Waals surface area (Å²) in [5.74, 6) is 0. The van der Waals surface area contributed by atoms with E-state index >= 15 is 0 Å². The van der Waals surface area contributed by atoms with Crippen molar-refractivity contribution < 1.29 is 13.2 Å². The predicted molar refractivity (Wildman–Crippen MR) is 59.4 cm³/mol. The fourth-order valence-corrected chi connectivity index (χ4v) is 1.48. The zero-order chi connectivity index (χ0) is 12.4. The van der Waals surface area contributed by atoms with E-state index in [0.29, 0.717) is 0 Å². The number of hydrogen-bond donors (Lipinski definition) is 0. The van der Waals surface area contributed by atoms with Gasteiger partial charge in [0.2, 0.25) is 0 Å². The molecule has 3 heteroatoms. The summed E-state index contributed by atoms with van der Waals surface area (Å²) in [7, 11) is 0. The lowest BCUT2D eigenvalue weighted by Gasteiger charge is -2.29. The number of aryl methyl sites for hydroxylation is 1. The molecule has 16 heavy (non-hydrogen) atoms. The summed E-state index contributed by atoms with van der Waals surface area (Å²) in [6.45, 7) is 6.40. The van der Waals surface area contributed by atoms with Gasteiger partial charge < -0.3 is 0 Å². The smallest absolute Gasteiger partial charge is 0.170 e. The van der Waals surface area contributed by atoms with Crippen molar-refractivity contribution in [3.8, 4) is 0 Å². The van der Waals surface area contributed by atoms with Crippen molar-refractivity contribution in [3.05, 3.63) is 48.0 Å². The second kappa shape index (κ2) is 4.32. The first kappa shape index (κ1) is 12.8. The standard InChI is InChI=1S/C13H15F3/c1-4-10-6-8-11(9-7-10)12(3,5-2)13(14,15)16/h5-9H,2,4H2,1,3H3. The first-order chi connectivity index (χ1) is 7.35. The number of benzene rings is 1. The lowest BCUT2D eigenvalue weighted by molar-refractivity contribution is -0.170. The number of hydrogen-bond acceptors (Lipinski definition) is 0. The van der Waals surface area contributed by atoms with E-state index in [1.165, 1.54) is 12.1 Å². The van der Waals surface area contributed by atoms with Crippen molar-refractivity contribution >= 4 is 0 Å². The lowest BCUT2D eigenvalue weighted by Crippen LogP contribution is -2.37. The molecule has 1 unspecified atom stereocenters. The molecule has 0 aliphatic carbocycles. The van der Waals surface area contributed by atoms with E-state index in [0.717, 1.165) is 25.0 Å². The monoisotopic (exact) mass is 228 g/mol. The molecule has 0 aliphatic rings. The third-order valence-corrected chi connectivity index (χ3v) is 2.96. The van der Waals surface area contributed by atoms with E-state index in [2.05, 4.69) is 6.58 Å². The molecule has 0 fully saturated rings. The van der Waals surface area contributed by atoms with Crippen molar-refractivity contribution in [3.63, 3.8) is 0 Å². The van der Waals surface area contributed by atoms with E-state index in [4.69, 9.17) is 0 Å². The molecule has 0 bridgehead atoms. The average molecular weight is 228 g/mol. The molecule has 88 valence electrons. The molecule has 0 aromatic heterocycles. The summed E-state index contributed by atoms with van der Waals surface area (Å²) >= 11 is 0. The number of allylic oxidation sites excluding steroid dienone is 1. The summed E-state index contributed by atoms with van der Waals surface area (Å²) in [4.78, 5) is 0. The van der Waals surface area contributed by atoms with Gasteiger partial charge in [-0.05, 0) is 24.5 Å². The summed E-state index contributed by atoms with van der Waals surface area (Å²) in [5, 5.41) is 0. The summed E-state index contributed by atoms with van der Waals surface area (Å²) in [5.41, 5.74) is -0.719. The molecule has 0 saturated heterocycles. The van der Waals surface area contributed by atoms with Crippen LogP contribution in [0.15, 0.2) is 36.9 Å². The fourth-order valence-electron chi connectivity index (χ4n) is 1.48. The molecule has 1 aromatic rings. The first-order valence-electron chi connectivity index (χ1n) is 5.15. The minimum Gasteiger partial charge on any atom is -0.170 e. The Morgan fingerprint density at radius 2 is 1.69 bits per heavy atom. The molecule has 0 saturated carbocycles. The molecular formula is C13H15F3. The van der Waals surface area contributed by atoms with Crippen molar-refractivity contribution in [2.24, 2.45) is 0 Å². The summed E-state index contributed by atoms with van der Waals surface area (Å²) in [6, 6.07) is 6.49. The Morgan fingerprint density at radius 1 is 1.19 bits per heavy atom. The van der Waals surface area contributed by atoms with Gasteiger partial charge in [0, 0.05) is 0 Å². The molecule has 0 radical (unpaired) electrons. The summed E-state index contributed by atoms with van der Waals surface area (Å²) < 4.78 is 38.7. The minimum absolute atomic E-state index is 0.229. The first-order valence-corrected chi connectivity index (χ1v) is 5.15. The highest BCUT2D eigenvalue weighted by Crippen LogP contribution is 2.41. The second-order valence-electron chi connectivity index (χ2n) is 3.95. The molecule has 0 N–H and O–H groups in total. The summed E-state index contributed by atoms with van der Waals surface area (Å²) in [6.07, 6.45) is -2.55. The number of rotatable bonds is 3. The molecular weight excluding hydrogens is 213 g/mol. The van der Waals surface area contributed by atoms with Gasteiger partial charge in [0.1, 0.15) is 5.41 Å². The SMILES string of the molecule is C=CC(C)(c1ccc(CC)cc1)C(F)(F)F. The van der Waals surface area contributed by atoms with Gasteiger partial charge in [-0.25, -0.2) is 0 Å². The van der Waals surface area contributed by atoms with Crippen LogP contribution in [0, 0.1) is 0 Å². The topological polar surface area (TPSA) is 0 Å². The van der Waals surface area contributed by atoms with Crippen molar-refractivity contribution in [2.75, 3.05) is 0 Å².